The first-order valence-electron chi connectivity index (χ1n) is 5.74. The summed E-state index contributed by atoms with van der Waals surface area (Å²) in [5, 5.41) is 9.75. The number of pyridine rings is 1. The van der Waals surface area contributed by atoms with Crippen LogP contribution in [0.3, 0.4) is 0 Å². The van der Waals surface area contributed by atoms with E-state index in [1.165, 1.54) is 4.90 Å². The lowest BCUT2D eigenvalue weighted by molar-refractivity contribution is -0.137. The monoisotopic (exact) mass is 274 g/mol. The van der Waals surface area contributed by atoms with Gasteiger partial charge in [-0.2, -0.15) is 13.2 Å². The topological polar surface area (TPSA) is 53.4 Å². The Labute approximate surface area is 107 Å². The van der Waals surface area contributed by atoms with Crippen LogP contribution in [-0.2, 0) is 6.18 Å². The summed E-state index contributed by atoms with van der Waals surface area (Å²) >= 11 is 0. The van der Waals surface area contributed by atoms with Gasteiger partial charge in [-0.25, -0.2) is 0 Å². The van der Waals surface area contributed by atoms with Crippen molar-refractivity contribution < 1.29 is 23.1 Å². The van der Waals surface area contributed by atoms with Crippen molar-refractivity contribution >= 4 is 5.91 Å². The minimum absolute atomic E-state index is 0.0503. The predicted octanol–water partition coefficient (Wildman–Crippen LogP) is 1.70. The van der Waals surface area contributed by atoms with E-state index < -0.39 is 23.2 Å². The van der Waals surface area contributed by atoms with Gasteiger partial charge in [-0.05, 0) is 25.5 Å². The van der Waals surface area contributed by atoms with Crippen molar-refractivity contribution in [3.05, 3.63) is 29.6 Å². The van der Waals surface area contributed by atoms with Crippen molar-refractivity contribution in [3.63, 3.8) is 0 Å². The van der Waals surface area contributed by atoms with E-state index in [0.29, 0.717) is 19.2 Å². The number of aliphatic hydroxyl groups is 1. The molecule has 2 heterocycles. The lowest BCUT2D eigenvalue weighted by Gasteiger charge is -2.18. The largest absolute Gasteiger partial charge is 0.417 e. The maximum atomic E-state index is 12.4. The number of likely N-dealkylation sites (tertiary alicyclic amines) is 1. The van der Waals surface area contributed by atoms with E-state index >= 15 is 0 Å². The first-order valence-corrected chi connectivity index (χ1v) is 5.74. The molecule has 0 bridgehead atoms. The Morgan fingerprint density at radius 2 is 2.16 bits per heavy atom. The van der Waals surface area contributed by atoms with Crippen molar-refractivity contribution in [2.24, 2.45) is 0 Å². The SMILES string of the molecule is CC1(O)CCN(C(=O)c2ccc(C(F)(F)F)cn2)C1. The first kappa shape index (κ1) is 13.8. The van der Waals surface area contributed by atoms with Crippen LogP contribution in [0.15, 0.2) is 18.3 Å². The van der Waals surface area contributed by atoms with Gasteiger partial charge in [-0.1, -0.05) is 0 Å². The molecule has 4 nitrogen and oxygen atoms in total. The fourth-order valence-corrected chi connectivity index (χ4v) is 1.97. The number of aromatic nitrogens is 1. The molecule has 1 N–H and O–H groups in total. The Balaban J connectivity index is 2.13. The molecule has 1 saturated heterocycles. The van der Waals surface area contributed by atoms with Crippen LogP contribution < -0.4 is 0 Å². The van der Waals surface area contributed by atoms with E-state index in [2.05, 4.69) is 4.98 Å². The third-order valence-corrected chi connectivity index (χ3v) is 3.05. The number of carbonyl (C=O) groups is 1. The standard InChI is InChI=1S/C12H13F3N2O2/c1-11(19)4-5-17(7-11)10(18)9-3-2-8(6-16-9)12(13,14)15/h2-3,6,19H,4-5,7H2,1H3. The Hall–Kier alpha value is -1.63. The highest BCUT2D eigenvalue weighted by atomic mass is 19.4. The molecule has 1 aliphatic rings. The van der Waals surface area contributed by atoms with Gasteiger partial charge in [0.25, 0.3) is 5.91 Å². The Kier molecular flexibility index (Phi) is 3.25. The smallest absolute Gasteiger partial charge is 0.388 e. The summed E-state index contributed by atoms with van der Waals surface area (Å²) in [5.41, 5.74) is -1.88. The average molecular weight is 274 g/mol. The fraction of sp³-hybridized carbons (Fsp3) is 0.500. The van der Waals surface area contributed by atoms with E-state index in [9.17, 15) is 23.1 Å². The highest BCUT2D eigenvalue weighted by Crippen LogP contribution is 2.28. The summed E-state index contributed by atoms with van der Waals surface area (Å²) in [4.78, 5) is 16.9. The zero-order valence-electron chi connectivity index (χ0n) is 10.2. The number of nitrogens with zero attached hydrogens (tertiary/aromatic N) is 2. The molecule has 1 amide bonds. The van der Waals surface area contributed by atoms with Gasteiger partial charge in [0, 0.05) is 19.3 Å². The normalized spacial score (nSPS) is 23.7. The van der Waals surface area contributed by atoms with Crippen LogP contribution in [-0.4, -0.2) is 39.6 Å². The molecule has 0 aliphatic carbocycles. The molecule has 7 heteroatoms. The summed E-state index contributed by atoms with van der Waals surface area (Å²) in [7, 11) is 0. The lowest BCUT2D eigenvalue weighted by Crippen LogP contribution is -2.34. The minimum atomic E-state index is -4.47. The van der Waals surface area contributed by atoms with Crippen molar-refractivity contribution in [3.8, 4) is 0 Å². The number of rotatable bonds is 1. The molecule has 19 heavy (non-hydrogen) atoms. The number of carbonyl (C=O) groups excluding carboxylic acids is 1. The van der Waals surface area contributed by atoms with E-state index in [0.717, 1.165) is 12.1 Å². The van der Waals surface area contributed by atoms with Gasteiger partial charge >= 0.3 is 6.18 Å². The summed E-state index contributed by atoms with van der Waals surface area (Å²) in [6.07, 6.45) is -3.38. The molecular formula is C12H13F3N2O2. The lowest BCUT2D eigenvalue weighted by atomic mass is 10.1. The van der Waals surface area contributed by atoms with Gasteiger partial charge in [0.15, 0.2) is 0 Å². The first-order chi connectivity index (χ1) is 8.69. The molecular weight excluding hydrogens is 261 g/mol. The Morgan fingerprint density at radius 3 is 2.58 bits per heavy atom. The van der Waals surface area contributed by atoms with Crippen LogP contribution in [0.5, 0.6) is 0 Å². The molecule has 0 aromatic carbocycles. The molecule has 0 radical (unpaired) electrons. The van der Waals surface area contributed by atoms with Crippen LogP contribution in [0.1, 0.15) is 29.4 Å². The number of amides is 1. The fourth-order valence-electron chi connectivity index (χ4n) is 1.97. The third kappa shape index (κ3) is 3.04. The van der Waals surface area contributed by atoms with E-state index in [4.69, 9.17) is 0 Å². The summed E-state index contributed by atoms with van der Waals surface area (Å²) in [6.45, 7) is 2.14. The molecule has 1 fully saturated rings. The number of β-amino-alcohol motifs (C(OH)–C–C–N with tert-alkyl or cyclic N) is 1. The van der Waals surface area contributed by atoms with Crippen molar-refractivity contribution in [1.29, 1.82) is 0 Å². The predicted molar refractivity (Wildman–Crippen MR) is 60.4 cm³/mol. The van der Waals surface area contributed by atoms with E-state index in [1.54, 1.807) is 6.92 Å². The highest BCUT2D eigenvalue weighted by Gasteiger charge is 2.35. The van der Waals surface area contributed by atoms with Gasteiger partial charge in [0.1, 0.15) is 5.69 Å². The van der Waals surface area contributed by atoms with Gasteiger partial charge < -0.3 is 10.0 Å². The zero-order chi connectivity index (χ0) is 14.3. The Bertz CT molecular complexity index is 483. The Morgan fingerprint density at radius 1 is 1.47 bits per heavy atom. The van der Waals surface area contributed by atoms with Crippen LogP contribution in [0.2, 0.25) is 0 Å². The maximum Gasteiger partial charge on any atom is 0.417 e. The van der Waals surface area contributed by atoms with E-state index in [1.807, 2.05) is 0 Å². The molecule has 1 atom stereocenters. The number of hydrogen-bond donors (Lipinski definition) is 1. The molecule has 104 valence electrons. The molecule has 1 aromatic rings. The van der Waals surface area contributed by atoms with Crippen LogP contribution in [0.4, 0.5) is 13.2 Å². The van der Waals surface area contributed by atoms with Crippen LogP contribution >= 0.6 is 0 Å². The average Bonchev–Trinajstić information content (AvgIpc) is 2.68. The zero-order valence-corrected chi connectivity index (χ0v) is 10.2. The highest BCUT2D eigenvalue weighted by molar-refractivity contribution is 5.92. The van der Waals surface area contributed by atoms with Gasteiger partial charge in [-0.15, -0.1) is 0 Å². The molecule has 1 aromatic heterocycles. The number of alkyl halides is 3. The number of hydrogen-bond acceptors (Lipinski definition) is 3. The molecule has 1 aliphatic heterocycles. The summed E-state index contributed by atoms with van der Waals surface area (Å²) < 4.78 is 37.1. The summed E-state index contributed by atoms with van der Waals surface area (Å²) in [6, 6.07) is 1.88. The molecule has 0 saturated carbocycles. The minimum Gasteiger partial charge on any atom is -0.388 e. The van der Waals surface area contributed by atoms with E-state index in [-0.39, 0.29) is 12.2 Å². The second-order valence-corrected chi connectivity index (χ2v) is 4.90. The van der Waals surface area contributed by atoms with Crippen molar-refractivity contribution in [1.82, 2.24) is 9.88 Å². The quantitative estimate of drug-likeness (QED) is 0.848. The maximum absolute atomic E-state index is 12.4. The van der Waals surface area contributed by atoms with Gasteiger partial charge in [-0.3, -0.25) is 9.78 Å². The van der Waals surface area contributed by atoms with Crippen molar-refractivity contribution in [2.45, 2.75) is 25.1 Å². The third-order valence-electron chi connectivity index (χ3n) is 3.05. The van der Waals surface area contributed by atoms with Gasteiger partial charge in [0.2, 0.25) is 0 Å². The second kappa shape index (κ2) is 4.48. The van der Waals surface area contributed by atoms with Gasteiger partial charge in [0.05, 0.1) is 11.2 Å². The van der Waals surface area contributed by atoms with Crippen molar-refractivity contribution in [2.75, 3.05) is 13.1 Å². The van der Waals surface area contributed by atoms with Crippen LogP contribution in [0.25, 0.3) is 0 Å². The molecule has 2 rings (SSSR count). The number of halogens is 3. The molecule has 1 unspecified atom stereocenters. The summed E-state index contributed by atoms with van der Waals surface area (Å²) in [5.74, 6) is -0.466. The van der Waals surface area contributed by atoms with Crippen LogP contribution in [0, 0.1) is 0 Å². The second-order valence-electron chi connectivity index (χ2n) is 4.90. The molecule has 0 spiro atoms.